The molecule has 2 aliphatic rings. The highest BCUT2D eigenvalue weighted by molar-refractivity contribution is 7.99. The van der Waals surface area contributed by atoms with E-state index in [0.717, 1.165) is 37.3 Å². The van der Waals surface area contributed by atoms with Crippen LogP contribution in [0.1, 0.15) is 38.7 Å². The summed E-state index contributed by atoms with van der Waals surface area (Å²) in [5.74, 6) is 0.279. The van der Waals surface area contributed by atoms with Gasteiger partial charge in [0.1, 0.15) is 29.9 Å². The number of benzene rings is 1. The fourth-order valence-corrected chi connectivity index (χ4v) is 5.54. The minimum Gasteiger partial charge on any atom is -0.388 e. The van der Waals surface area contributed by atoms with E-state index in [1.54, 1.807) is 6.26 Å². The Kier molecular flexibility index (Phi) is 9.88. The van der Waals surface area contributed by atoms with Gasteiger partial charge in [-0.05, 0) is 68.0 Å². The summed E-state index contributed by atoms with van der Waals surface area (Å²) < 4.78 is 5.90. The molecule has 2 saturated heterocycles. The first-order valence-corrected chi connectivity index (χ1v) is 13.4. The Morgan fingerprint density at radius 2 is 1.91 bits per heavy atom. The van der Waals surface area contributed by atoms with Crippen LogP contribution in [0.15, 0.2) is 24.3 Å². The van der Waals surface area contributed by atoms with Gasteiger partial charge in [0.15, 0.2) is 0 Å². The maximum Gasteiger partial charge on any atom is 0.237 e. The number of carbonyl (C=O) groups is 1. The average Bonchev–Trinajstić information content (AvgIpc) is 3.27. The van der Waals surface area contributed by atoms with Crippen molar-refractivity contribution in [3.8, 4) is 0 Å². The van der Waals surface area contributed by atoms with Crippen molar-refractivity contribution in [2.75, 3.05) is 12.8 Å². The van der Waals surface area contributed by atoms with Gasteiger partial charge in [-0.1, -0.05) is 37.6 Å². The van der Waals surface area contributed by atoms with E-state index in [-0.39, 0.29) is 17.9 Å². The van der Waals surface area contributed by atoms with E-state index < -0.39 is 35.9 Å². The van der Waals surface area contributed by atoms with Gasteiger partial charge in [-0.15, -0.1) is 11.8 Å². The van der Waals surface area contributed by atoms with Crippen molar-refractivity contribution in [3.63, 3.8) is 0 Å². The number of aliphatic hydroxyl groups is 3. The van der Waals surface area contributed by atoms with Crippen LogP contribution >= 0.6 is 23.4 Å². The molecule has 0 saturated carbocycles. The number of carbonyl (C=O) groups excluding carboxylic acids is 1. The number of amides is 1. The van der Waals surface area contributed by atoms with Crippen LogP contribution in [0, 0.1) is 11.8 Å². The molecule has 5 N–H and O–H groups in total. The fourth-order valence-electron chi connectivity index (χ4n) is 4.73. The van der Waals surface area contributed by atoms with Crippen molar-refractivity contribution in [2.24, 2.45) is 11.8 Å². The number of nitrogens with one attached hydrogen (secondary N) is 2. The lowest BCUT2D eigenvalue weighted by molar-refractivity contribution is -0.208. The molecule has 186 valence electrons. The molecule has 3 rings (SSSR count). The summed E-state index contributed by atoms with van der Waals surface area (Å²) in [7, 11) is 0. The molecule has 0 bridgehead atoms. The van der Waals surface area contributed by atoms with Crippen molar-refractivity contribution in [3.05, 3.63) is 34.9 Å². The van der Waals surface area contributed by atoms with Gasteiger partial charge in [0.2, 0.25) is 5.91 Å². The van der Waals surface area contributed by atoms with Crippen LogP contribution in [0.2, 0.25) is 5.02 Å². The SMILES string of the molecule is CSC1OC(C(NC(=O)C2CC(CCCc3ccc(Cl)cc3)CN2)C(C)C)C(O)C(O)C1O. The van der Waals surface area contributed by atoms with Crippen LogP contribution in [0.3, 0.4) is 0 Å². The zero-order valence-corrected chi connectivity index (χ0v) is 21.1. The molecule has 0 radical (unpaired) electrons. The Balaban J connectivity index is 1.51. The van der Waals surface area contributed by atoms with Crippen LogP contribution in [-0.2, 0) is 16.0 Å². The number of rotatable bonds is 9. The van der Waals surface area contributed by atoms with Crippen molar-refractivity contribution in [2.45, 2.75) is 81.5 Å². The number of hydrogen-bond donors (Lipinski definition) is 5. The van der Waals surface area contributed by atoms with E-state index in [0.29, 0.717) is 5.92 Å². The summed E-state index contributed by atoms with van der Waals surface area (Å²) in [6.45, 7) is 4.68. The molecule has 2 aliphatic heterocycles. The third-order valence-electron chi connectivity index (χ3n) is 6.75. The summed E-state index contributed by atoms with van der Waals surface area (Å²) in [4.78, 5) is 13.0. The van der Waals surface area contributed by atoms with Gasteiger partial charge in [-0.25, -0.2) is 0 Å². The van der Waals surface area contributed by atoms with Crippen LogP contribution in [-0.4, -0.2) is 76.0 Å². The zero-order valence-electron chi connectivity index (χ0n) is 19.5. The maximum atomic E-state index is 13.0. The summed E-state index contributed by atoms with van der Waals surface area (Å²) in [5.41, 5.74) is 0.600. The average molecular weight is 501 g/mol. The third kappa shape index (κ3) is 6.84. The number of aryl methyl sites for hydroxylation is 1. The molecule has 1 aromatic rings. The highest BCUT2D eigenvalue weighted by Gasteiger charge is 2.47. The molecule has 8 unspecified atom stereocenters. The largest absolute Gasteiger partial charge is 0.388 e. The molecule has 9 heteroatoms. The number of thioether (sulfide) groups is 1. The molecule has 8 atom stereocenters. The Bertz CT molecular complexity index is 766. The van der Waals surface area contributed by atoms with Crippen molar-refractivity contribution >= 4 is 29.3 Å². The summed E-state index contributed by atoms with van der Waals surface area (Å²) in [5, 5.41) is 38.1. The lowest BCUT2D eigenvalue weighted by Crippen LogP contribution is -2.64. The molecule has 1 aromatic carbocycles. The van der Waals surface area contributed by atoms with Crippen molar-refractivity contribution in [1.82, 2.24) is 10.6 Å². The molecule has 7 nitrogen and oxygen atoms in total. The first-order valence-electron chi connectivity index (χ1n) is 11.7. The van der Waals surface area contributed by atoms with Crippen molar-refractivity contribution in [1.29, 1.82) is 0 Å². The molecular formula is C24H37ClN2O5S. The van der Waals surface area contributed by atoms with Gasteiger partial charge in [0.25, 0.3) is 0 Å². The molecule has 2 heterocycles. The quantitative estimate of drug-likeness (QED) is 0.352. The van der Waals surface area contributed by atoms with Crippen LogP contribution < -0.4 is 10.6 Å². The smallest absolute Gasteiger partial charge is 0.237 e. The minimum atomic E-state index is -1.33. The summed E-state index contributed by atoms with van der Waals surface area (Å²) in [6, 6.07) is 7.14. The van der Waals surface area contributed by atoms with Crippen LogP contribution in [0.25, 0.3) is 0 Å². The normalized spacial score (nSPS) is 33.3. The standard InChI is InChI=1S/C24H37ClN2O5S/c1-13(2)18(22-20(29)19(28)21(30)24(32-22)33-3)27-23(31)17-11-15(12-26-17)6-4-5-14-7-9-16(25)10-8-14/h7-10,13,15,17-22,24,26,28-30H,4-6,11-12H2,1-3H3,(H,27,31). The molecule has 1 amide bonds. The van der Waals surface area contributed by atoms with Gasteiger partial charge < -0.3 is 30.7 Å². The van der Waals surface area contributed by atoms with E-state index in [1.807, 2.05) is 26.0 Å². The van der Waals surface area contributed by atoms with Gasteiger partial charge in [-0.2, -0.15) is 0 Å². The Labute approximate surface area is 205 Å². The summed E-state index contributed by atoms with van der Waals surface area (Å²) >= 11 is 7.21. The Morgan fingerprint density at radius 1 is 1.21 bits per heavy atom. The predicted molar refractivity (Wildman–Crippen MR) is 131 cm³/mol. The van der Waals surface area contributed by atoms with Crippen LogP contribution in [0.4, 0.5) is 0 Å². The Hall–Kier alpha value is -0.870. The van der Waals surface area contributed by atoms with Crippen LogP contribution in [0.5, 0.6) is 0 Å². The Morgan fingerprint density at radius 3 is 2.55 bits per heavy atom. The molecular weight excluding hydrogens is 464 g/mol. The number of halogens is 1. The monoisotopic (exact) mass is 500 g/mol. The topological polar surface area (TPSA) is 111 Å². The highest BCUT2D eigenvalue weighted by atomic mass is 35.5. The fraction of sp³-hybridized carbons (Fsp3) is 0.708. The molecule has 33 heavy (non-hydrogen) atoms. The van der Waals surface area contributed by atoms with Gasteiger partial charge in [-0.3, -0.25) is 4.79 Å². The zero-order chi connectivity index (χ0) is 24.1. The first-order chi connectivity index (χ1) is 15.7. The van der Waals surface area contributed by atoms with E-state index in [1.165, 1.54) is 17.3 Å². The third-order valence-corrected chi connectivity index (χ3v) is 7.86. The maximum absolute atomic E-state index is 13.0. The number of hydrogen-bond acceptors (Lipinski definition) is 7. The second-order valence-corrected chi connectivity index (χ2v) is 10.9. The predicted octanol–water partition coefficient (Wildman–Crippen LogP) is 1.95. The lowest BCUT2D eigenvalue weighted by Gasteiger charge is -2.44. The van der Waals surface area contributed by atoms with E-state index in [4.69, 9.17) is 16.3 Å². The summed E-state index contributed by atoms with van der Waals surface area (Å²) in [6.07, 6.45) is 1.02. The van der Waals surface area contributed by atoms with Gasteiger partial charge in [0.05, 0.1) is 12.1 Å². The molecule has 0 spiro atoms. The van der Waals surface area contributed by atoms with Gasteiger partial charge in [0, 0.05) is 5.02 Å². The van der Waals surface area contributed by atoms with E-state index >= 15 is 0 Å². The molecule has 0 aliphatic carbocycles. The van der Waals surface area contributed by atoms with Crippen molar-refractivity contribution < 1.29 is 24.9 Å². The second-order valence-electron chi connectivity index (χ2n) is 9.54. The highest BCUT2D eigenvalue weighted by Crippen LogP contribution is 2.30. The molecule has 0 aromatic heterocycles. The second kappa shape index (κ2) is 12.2. The molecule has 2 fully saturated rings. The lowest BCUT2D eigenvalue weighted by atomic mass is 9.88. The van der Waals surface area contributed by atoms with E-state index in [2.05, 4.69) is 22.8 Å². The number of ether oxygens (including phenoxy) is 1. The first kappa shape index (κ1) is 26.7. The van der Waals surface area contributed by atoms with Gasteiger partial charge >= 0.3 is 0 Å². The number of aliphatic hydroxyl groups excluding tert-OH is 3. The minimum absolute atomic E-state index is 0.0323. The van der Waals surface area contributed by atoms with E-state index in [9.17, 15) is 20.1 Å².